The topological polar surface area (TPSA) is 73.9 Å². The highest BCUT2D eigenvalue weighted by Gasteiger charge is 2.19. The number of thiazole rings is 1. The molecule has 1 atom stereocenters. The molecule has 142 valence electrons. The van der Waals surface area contributed by atoms with Crippen LogP contribution < -0.4 is 5.32 Å². The molecule has 3 rings (SSSR count). The number of rotatable bonds is 7. The fourth-order valence-corrected chi connectivity index (χ4v) is 3.69. The van der Waals surface area contributed by atoms with Crippen molar-refractivity contribution < 1.29 is 4.79 Å². The van der Waals surface area contributed by atoms with Crippen LogP contribution in [-0.4, -0.2) is 32.2 Å². The Bertz CT molecular complexity index is 873. The number of H-pyrrole nitrogens is 1. The molecule has 0 saturated carbocycles. The van der Waals surface area contributed by atoms with Gasteiger partial charge in [-0.3, -0.25) is 5.10 Å². The van der Waals surface area contributed by atoms with Gasteiger partial charge >= 0.3 is 6.03 Å². The van der Waals surface area contributed by atoms with E-state index in [9.17, 15) is 4.79 Å². The minimum atomic E-state index is -0.0774. The average Bonchev–Trinajstić information content (AvgIpc) is 3.23. The van der Waals surface area contributed by atoms with Gasteiger partial charge in [-0.1, -0.05) is 30.3 Å². The number of aryl methyl sites for hydroxylation is 2. The fraction of sp³-hybridized carbons (Fsp3) is 0.350. The zero-order valence-electron chi connectivity index (χ0n) is 15.9. The summed E-state index contributed by atoms with van der Waals surface area (Å²) >= 11 is 1.58. The number of nitrogens with one attached hydrogen (secondary N) is 2. The smallest absolute Gasteiger partial charge is 0.318 e. The number of carbonyl (C=O) groups is 1. The Kier molecular flexibility index (Phi) is 6.24. The lowest BCUT2D eigenvalue weighted by Gasteiger charge is -2.25. The normalized spacial score (nSPS) is 12.0. The minimum absolute atomic E-state index is 0.0129. The van der Waals surface area contributed by atoms with E-state index >= 15 is 0 Å². The van der Waals surface area contributed by atoms with E-state index in [0.29, 0.717) is 19.5 Å². The van der Waals surface area contributed by atoms with Crippen molar-refractivity contribution in [3.05, 3.63) is 69.4 Å². The van der Waals surface area contributed by atoms with E-state index in [2.05, 4.69) is 20.5 Å². The lowest BCUT2D eigenvalue weighted by atomic mass is 10.2. The monoisotopic (exact) mass is 383 g/mol. The number of amides is 2. The van der Waals surface area contributed by atoms with Gasteiger partial charge in [0.15, 0.2) is 0 Å². The van der Waals surface area contributed by atoms with Crippen LogP contribution in [0.5, 0.6) is 0 Å². The largest absolute Gasteiger partial charge is 0.335 e. The SMILES string of the molecule is Cc1cc(C[C@H](C)NC(=O)N(Cc2ccccc2)Cc2scnc2C)n[nH]1. The highest BCUT2D eigenvalue weighted by atomic mass is 32.1. The molecule has 0 spiro atoms. The third kappa shape index (κ3) is 5.40. The lowest BCUT2D eigenvalue weighted by Crippen LogP contribution is -2.44. The Hall–Kier alpha value is -2.67. The Morgan fingerprint density at radius 1 is 1.26 bits per heavy atom. The number of benzene rings is 1. The van der Waals surface area contributed by atoms with E-state index in [1.54, 1.807) is 11.3 Å². The first kappa shape index (κ1) is 19.1. The van der Waals surface area contributed by atoms with Gasteiger partial charge in [0.05, 0.1) is 23.4 Å². The van der Waals surface area contributed by atoms with Crippen LogP contribution in [0.25, 0.3) is 0 Å². The molecular weight excluding hydrogens is 358 g/mol. The second-order valence-corrected chi connectivity index (χ2v) is 7.74. The van der Waals surface area contributed by atoms with E-state index in [1.807, 2.05) is 67.6 Å². The number of aromatic nitrogens is 3. The zero-order chi connectivity index (χ0) is 19.2. The second-order valence-electron chi connectivity index (χ2n) is 6.80. The average molecular weight is 384 g/mol. The molecule has 0 radical (unpaired) electrons. The molecular formula is C20H25N5OS. The molecule has 1 aromatic carbocycles. The van der Waals surface area contributed by atoms with Gasteiger partial charge in [0.25, 0.3) is 0 Å². The van der Waals surface area contributed by atoms with Crippen molar-refractivity contribution in [3.8, 4) is 0 Å². The molecule has 2 heterocycles. The van der Waals surface area contributed by atoms with Crippen molar-refractivity contribution in [1.82, 2.24) is 25.4 Å². The van der Waals surface area contributed by atoms with Crippen molar-refractivity contribution in [1.29, 1.82) is 0 Å². The van der Waals surface area contributed by atoms with Gasteiger partial charge < -0.3 is 10.2 Å². The summed E-state index contributed by atoms with van der Waals surface area (Å²) < 4.78 is 0. The Labute approximate surface area is 163 Å². The first-order valence-electron chi connectivity index (χ1n) is 9.00. The maximum Gasteiger partial charge on any atom is 0.318 e. The van der Waals surface area contributed by atoms with Gasteiger partial charge in [-0.2, -0.15) is 5.10 Å². The van der Waals surface area contributed by atoms with Crippen LogP contribution in [0.15, 0.2) is 41.9 Å². The van der Waals surface area contributed by atoms with Crippen LogP contribution in [0.2, 0.25) is 0 Å². The van der Waals surface area contributed by atoms with E-state index in [4.69, 9.17) is 0 Å². The fourth-order valence-electron chi connectivity index (χ4n) is 2.90. The predicted molar refractivity (Wildman–Crippen MR) is 108 cm³/mol. The maximum absolute atomic E-state index is 13.0. The summed E-state index contributed by atoms with van der Waals surface area (Å²) in [4.78, 5) is 20.2. The summed E-state index contributed by atoms with van der Waals surface area (Å²) in [5, 5.41) is 10.3. The summed E-state index contributed by atoms with van der Waals surface area (Å²) in [7, 11) is 0. The maximum atomic E-state index is 13.0. The van der Waals surface area contributed by atoms with Gasteiger partial charge in [0.2, 0.25) is 0 Å². The molecule has 0 fully saturated rings. The van der Waals surface area contributed by atoms with E-state index in [-0.39, 0.29) is 12.1 Å². The van der Waals surface area contributed by atoms with E-state index in [0.717, 1.165) is 27.5 Å². The predicted octanol–water partition coefficient (Wildman–Crippen LogP) is 3.83. The Morgan fingerprint density at radius 3 is 2.67 bits per heavy atom. The first-order valence-corrected chi connectivity index (χ1v) is 9.88. The zero-order valence-corrected chi connectivity index (χ0v) is 16.7. The lowest BCUT2D eigenvalue weighted by molar-refractivity contribution is 0.189. The first-order chi connectivity index (χ1) is 13.0. The van der Waals surface area contributed by atoms with Gasteiger partial charge in [0.1, 0.15) is 0 Å². The Morgan fingerprint density at radius 2 is 2.04 bits per heavy atom. The third-order valence-electron chi connectivity index (χ3n) is 4.33. The van der Waals surface area contributed by atoms with E-state index in [1.165, 1.54) is 0 Å². The standard InChI is InChI=1S/C20H25N5OS/c1-14(9-18-10-15(2)23-24-18)22-20(26)25(11-17-7-5-4-6-8-17)12-19-16(3)21-13-27-19/h4-8,10,13-14H,9,11-12H2,1-3H3,(H,22,26)(H,23,24)/t14-/m0/s1. The molecule has 27 heavy (non-hydrogen) atoms. The molecule has 6 nitrogen and oxygen atoms in total. The van der Waals surface area contributed by atoms with Gasteiger partial charge in [-0.15, -0.1) is 11.3 Å². The van der Waals surface area contributed by atoms with Crippen LogP contribution in [0.4, 0.5) is 4.79 Å². The minimum Gasteiger partial charge on any atom is -0.335 e. The summed E-state index contributed by atoms with van der Waals surface area (Å²) in [5.74, 6) is 0. The number of aromatic amines is 1. The highest BCUT2D eigenvalue weighted by Crippen LogP contribution is 2.17. The summed E-state index contributed by atoms with van der Waals surface area (Å²) in [6.45, 7) is 7.05. The molecule has 3 aromatic rings. The van der Waals surface area contributed by atoms with Crippen LogP contribution >= 0.6 is 11.3 Å². The highest BCUT2D eigenvalue weighted by molar-refractivity contribution is 7.09. The number of hydrogen-bond donors (Lipinski definition) is 2. The molecule has 2 aromatic heterocycles. The molecule has 2 amide bonds. The summed E-state index contributed by atoms with van der Waals surface area (Å²) in [5.41, 5.74) is 5.88. The second kappa shape index (κ2) is 8.81. The van der Waals surface area contributed by atoms with Crippen molar-refractivity contribution in [2.45, 2.75) is 46.3 Å². The van der Waals surface area contributed by atoms with Crippen molar-refractivity contribution in [2.75, 3.05) is 0 Å². The molecule has 0 aliphatic rings. The molecule has 0 saturated heterocycles. The molecule has 7 heteroatoms. The van der Waals surface area contributed by atoms with E-state index < -0.39 is 0 Å². The van der Waals surface area contributed by atoms with Crippen LogP contribution in [0, 0.1) is 13.8 Å². The molecule has 0 bridgehead atoms. The van der Waals surface area contributed by atoms with Crippen LogP contribution in [-0.2, 0) is 19.5 Å². The quantitative estimate of drug-likeness (QED) is 0.651. The Balaban J connectivity index is 1.68. The van der Waals surface area contributed by atoms with Crippen LogP contribution in [0.3, 0.4) is 0 Å². The molecule has 2 N–H and O–H groups in total. The third-order valence-corrected chi connectivity index (χ3v) is 5.25. The van der Waals surface area contributed by atoms with Gasteiger partial charge in [-0.05, 0) is 32.4 Å². The number of urea groups is 1. The summed E-state index contributed by atoms with van der Waals surface area (Å²) in [6.07, 6.45) is 0.689. The molecule has 0 unspecified atom stereocenters. The van der Waals surface area contributed by atoms with Crippen molar-refractivity contribution >= 4 is 17.4 Å². The number of hydrogen-bond acceptors (Lipinski definition) is 4. The van der Waals surface area contributed by atoms with Gasteiger partial charge in [-0.25, -0.2) is 9.78 Å². The number of nitrogens with zero attached hydrogens (tertiary/aromatic N) is 3. The molecule has 0 aliphatic carbocycles. The molecule has 0 aliphatic heterocycles. The van der Waals surface area contributed by atoms with Crippen LogP contribution in [0.1, 0.15) is 34.4 Å². The van der Waals surface area contributed by atoms with Gasteiger partial charge in [0, 0.05) is 29.6 Å². The summed E-state index contributed by atoms with van der Waals surface area (Å²) in [6, 6.07) is 12.0. The van der Waals surface area contributed by atoms with Crippen molar-refractivity contribution in [3.63, 3.8) is 0 Å². The number of carbonyl (C=O) groups excluding carboxylic acids is 1. The van der Waals surface area contributed by atoms with Crippen molar-refractivity contribution in [2.24, 2.45) is 0 Å².